The Labute approximate surface area is 80.6 Å². The first-order chi connectivity index (χ1) is 6.72. The van der Waals surface area contributed by atoms with Gasteiger partial charge >= 0.3 is 0 Å². The maximum absolute atomic E-state index is 12.2. The Hall–Kier alpha value is -1.03. The number of halogens is 2. The molecule has 4 heteroatoms. The second kappa shape index (κ2) is 3.61. The molecule has 0 aromatic carbocycles. The number of pyridine rings is 1. The number of hydrogen-bond acceptors (Lipinski definition) is 2. The van der Waals surface area contributed by atoms with Gasteiger partial charge in [0.25, 0.3) is 6.43 Å². The summed E-state index contributed by atoms with van der Waals surface area (Å²) in [6, 6.07) is 3.03. The van der Waals surface area contributed by atoms with E-state index in [2.05, 4.69) is 4.98 Å². The Morgan fingerprint density at radius 1 is 1.50 bits per heavy atom. The predicted molar refractivity (Wildman–Crippen MR) is 47.1 cm³/mol. The van der Waals surface area contributed by atoms with Gasteiger partial charge in [-0.15, -0.1) is 0 Å². The Morgan fingerprint density at radius 3 is 2.71 bits per heavy atom. The standard InChI is InChI=1S/C10H11F2NO/c11-10(12)6-1-2-9(13-4-6)8-3-7(8)5-14/h1-2,4,7-8,10,14H,3,5H2/t7-,8+/m1/s1. The number of aromatic nitrogens is 1. The van der Waals surface area contributed by atoms with Crippen LogP contribution in [0.3, 0.4) is 0 Å². The lowest BCUT2D eigenvalue weighted by molar-refractivity contribution is 0.151. The first kappa shape index (κ1) is 9.52. The normalized spacial score (nSPS) is 25.4. The first-order valence-electron chi connectivity index (χ1n) is 4.57. The van der Waals surface area contributed by atoms with Crippen LogP contribution >= 0.6 is 0 Å². The van der Waals surface area contributed by atoms with Gasteiger partial charge in [-0.3, -0.25) is 4.98 Å². The highest BCUT2D eigenvalue weighted by molar-refractivity contribution is 5.22. The third-order valence-corrected chi connectivity index (χ3v) is 2.60. The Morgan fingerprint density at radius 2 is 2.29 bits per heavy atom. The Balaban J connectivity index is 2.08. The molecule has 1 aliphatic carbocycles. The predicted octanol–water partition coefficient (Wildman–Crippen LogP) is 2.12. The summed E-state index contributed by atoms with van der Waals surface area (Å²) < 4.78 is 24.4. The van der Waals surface area contributed by atoms with Gasteiger partial charge in [0.05, 0.1) is 0 Å². The van der Waals surface area contributed by atoms with Crippen LogP contribution in [0.15, 0.2) is 18.3 Å². The number of aliphatic hydroxyl groups is 1. The fourth-order valence-electron chi connectivity index (χ4n) is 1.58. The van der Waals surface area contributed by atoms with E-state index in [1.54, 1.807) is 6.07 Å². The van der Waals surface area contributed by atoms with E-state index in [0.29, 0.717) is 0 Å². The van der Waals surface area contributed by atoms with Crippen LogP contribution in [-0.2, 0) is 0 Å². The highest BCUT2D eigenvalue weighted by Crippen LogP contribution is 2.46. The largest absolute Gasteiger partial charge is 0.396 e. The quantitative estimate of drug-likeness (QED) is 0.808. The molecule has 0 bridgehead atoms. The summed E-state index contributed by atoms with van der Waals surface area (Å²) in [6.45, 7) is 0.156. The number of alkyl halides is 2. The summed E-state index contributed by atoms with van der Waals surface area (Å²) in [6.07, 6.45) is -0.325. The van der Waals surface area contributed by atoms with Gasteiger partial charge in [-0.25, -0.2) is 8.78 Å². The maximum atomic E-state index is 12.2. The zero-order valence-corrected chi connectivity index (χ0v) is 7.53. The zero-order valence-electron chi connectivity index (χ0n) is 7.53. The average Bonchev–Trinajstić information content (AvgIpc) is 2.97. The van der Waals surface area contributed by atoms with Crippen molar-refractivity contribution in [3.8, 4) is 0 Å². The van der Waals surface area contributed by atoms with Crippen molar-refractivity contribution in [2.24, 2.45) is 5.92 Å². The molecule has 2 rings (SSSR count). The molecule has 1 heterocycles. The lowest BCUT2D eigenvalue weighted by Crippen LogP contribution is -1.93. The molecule has 0 saturated heterocycles. The van der Waals surface area contributed by atoms with Gasteiger partial charge in [-0.1, -0.05) is 0 Å². The average molecular weight is 199 g/mol. The van der Waals surface area contributed by atoms with Crippen LogP contribution in [0.5, 0.6) is 0 Å². The van der Waals surface area contributed by atoms with Crippen LogP contribution in [0, 0.1) is 5.92 Å². The fourth-order valence-corrected chi connectivity index (χ4v) is 1.58. The number of hydrogen-bond donors (Lipinski definition) is 1. The molecule has 1 aromatic rings. The van der Waals surface area contributed by atoms with Crippen LogP contribution in [0.25, 0.3) is 0 Å². The summed E-state index contributed by atoms with van der Waals surface area (Å²) in [5, 5.41) is 8.83. The number of nitrogens with zero attached hydrogens (tertiary/aromatic N) is 1. The van der Waals surface area contributed by atoms with Gasteiger partial charge in [0.1, 0.15) is 0 Å². The van der Waals surface area contributed by atoms with Gasteiger partial charge in [0.2, 0.25) is 0 Å². The molecule has 1 fully saturated rings. The molecule has 0 radical (unpaired) electrons. The van der Waals surface area contributed by atoms with Crippen molar-refractivity contribution in [1.29, 1.82) is 0 Å². The minimum absolute atomic E-state index is 0.0463. The molecule has 0 unspecified atom stereocenters. The van der Waals surface area contributed by atoms with Crippen LogP contribution in [-0.4, -0.2) is 16.7 Å². The molecule has 1 aliphatic rings. The van der Waals surface area contributed by atoms with E-state index in [1.807, 2.05) is 0 Å². The molecule has 0 aliphatic heterocycles. The molecule has 14 heavy (non-hydrogen) atoms. The second-order valence-electron chi connectivity index (χ2n) is 3.60. The van der Waals surface area contributed by atoms with Crippen molar-refractivity contribution < 1.29 is 13.9 Å². The van der Waals surface area contributed by atoms with Crippen LogP contribution in [0.2, 0.25) is 0 Å². The molecule has 0 spiro atoms. The molecule has 1 saturated carbocycles. The van der Waals surface area contributed by atoms with Gasteiger partial charge in [0, 0.05) is 30.0 Å². The number of rotatable bonds is 3. The first-order valence-corrected chi connectivity index (χ1v) is 4.57. The lowest BCUT2D eigenvalue weighted by Gasteiger charge is -2.01. The summed E-state index contributed by atoms with van der Waals surface area (Å²) in [5.74, 6) is 0.548. The van der Waals surface area contributed by atoms with Crippen molar-refractivity contribution in [3.63, 3.8) is 0 Å². The maximum Gasteiger partial charge on any atom is 0.265 e. The monoisotopic (exact) mass is 199 g/mol. The lowest BCUT2D eigenvalue weighted by atomic mass is 10.2. The Kier molecular flexibility index (Phi) is 2.46. The molecular formula is C10H11F2NO. The van der Waals surface area contributed by atoms with Gasteiger partial charge in [-0.05, 0) is 24.5 Å². The summed E-state index contributed by atoms with van der Waals surface area (Å²) in [7, 11) is 0. The molecule has 2 nitrogen and oxygen atoms in total. The van der Waals surface area contributed by atoms with E-state index in [4.69, 9.17) is 5.11 Å². The summed E-state index contributed by atoms with van der Waals surface area (Å²) in [4.78, 5) is 3.97. The second-order valence-corrected chi connectivity index (χ2v) is 3.60. The highest BCUT2D eigenvalue weighted by Gasteiger charge is 2.38. The third-order valence-electron chi connectivity index (χ3n) is 2.60. The fraction of sp³-hybridized carbons (Fsp3) is 0.500. The van der Waals surface area contributed by atoms with E-state index in [-0.39, 0.29) is 24.0 Å². The zero-order chi connectivity index (χ0) is 10.1. The van der Waals surface area contributed by atoms with E-state index < -0.39 is 6.43 Å². The van der Waals surface area contributed by atoms with Gasteiger partial charge in [0.15, 0.2) is 0 Å². The molecule has 76 valence electrons. The minimum Gasteiger partial charge on any atom is -0.396 e. The SMILES string of the molecule is OC[C@H]1C[C@@H]1c1ccc(C(F)F)cn1. The Bertz CT molecular complexity index is 312. The van der Waals surface area contributed by atoms with E-state index in [1.165, 1.54) is 12.3 Å². The third kappa shape index (κ3) is 1.75. The van der Waals surface area contributed by atoms with Crippen molar-refractivity contribution in [3.05, 3.63) is 29.6 Å². The van der Waals surface area contributed by atoms with E-state index in [0.717, 1.165) is 12.1 Å². The summed E-state index contributed by atoms with van der Waals surface area (Å²) in [5.41, 5.74) is 0.767. The van der Waals surface area contributed by atoms with Crippen molar-refractivity contribution in [2.75, 3.05) is 6.61 Å². The molecule has 2 atom stereocenters. The molecular weight excluding hydrogens is 188 g/mol. The van der Waals surface area contributed by atoms with Crippen LogP contribution in [0.4, 0.5) is 8.78 Å². The van der Waals surface area contributed by atoms with Crippen molar-refractivity contribution in [2.45, 2.75) is 18.8 Å². The van der Waals surface area contributed by atoms with E-state index in [9.17, 15) is 8.78 Å². The van der Waals surface area contributed by atoms with Crippen LogP contribution < -0.4 is 0 Å². The molecule has 0 amide bonds. The topological polar surface area (TPSA) is 33.1 Å². The van der Waals surface area contributed by atoms with Gasteiger partial charge in [-0.2, -0.15) is 0 Å². The van der Waals surface area contributed by atoms with Crippen molar-refractivity contribution in [1.82, 2.24) is 4.98 Å². The minimum atomic E-state index is -2.45. The summed E-state index contributed by atoms with van der Waals surface area (Å²) >= 11 is 0. The van der Waals surface area contributed by atoms with Crippen LogP contribution in [0.1, 0.15) is 30.0 Å². The molecule has 1 N–H and O–H groups in total. The number of aliphatic hydroxyl groups excluding tert-OH is 1. The highest BCUT2D eigenvalue weighted by atomic mass is 19.3. The molecule has 1 aromatic heterocycles. The van der Waals surface area contributed by atoms with Crippen molar-refractivity contribution >= 4 is 0 Å². The smallest absolute Gasteiger partial charge is 0.265 e. The van der Waals surface area contributed by atoms with Gasteiger partial charge < -0.3 is 5.11 Å². The van der Waals surface area contributed by atoms with E-state index >= 15 is 0 Å².